The Balaban J connectivity index is 2.43. The van der Waals surface area contributed by atoms with Crippen LogP contribution in [0.15, 0.2) is 23.4 Å². The molecule has 5 nitrogen and oxygen atoms in total. The number of aromatic nitrogens is 1. The van der Waals surface area contributed by atoms with E-state index in [0.717, 1.165) is 5.69 Å². The molecule has 0 saturated heterocycles. The predicted molar refractivity (Wildman–Crippen MR) is 41.1 cm³/mol. The van der Waals surface area contributed by atoms with Gasteiger partial charge in [0.2, 0.25) is 0 Å². The van der Waals surface area contributed by atoms with Crippen molar-refractivity contribution in [1.29, 1.82) is 0 Å². The molecule has 0 spiro atoms. The first kappa shape index (κ1) is 7.33. The van der Waals surface area contributed by atoms with E-state index in [4.69, 9.17) is 5.73 Å². The van der Waals surface area contributed by atoms with Crippen LogP contribution in [0.4, 0.5) is 4.79 Å². The third kappa shape index (κ3) is 2.53. The standard InChI is InChI=1S/C6H8N4O/c7-6(11)10-9-4-5-2-1-3-8-5/h1-4,8H,(H3,7,10,11). The average Bonchev–Trinajstić information content (AvgIpc) is 2.39. The largest absolute Gasteiger partial charge is 0.360 e. The zero-order chi connectivity index (χ0) is 8.10. The number of H-pyrrole nitrogens is 1. The highest BCUT2D eigenvalue weighted by atomic mass is 16.2. The van der Waals surface area contributed by atoms with Gasteiger partial charge in [-0.05, 0) is 12.1 Å². The molecule has 2 amide bonds. The van der Waals surface area contributed by atoms with Crippen LogP contribution in [0.1, 0.15) is 5.69 Å². The van der Waals surface area contributed by atoms with Gasteiger partial charge in [-0.1, -0.05) is 0 Å². The maximum atomic E-state index is 10.1. The van der Waals surface area contributed by atoms with Gasteiger partial charge in [0.15, 0.2) is 0 Å². The molecule has 0 aliphatic carbocycles. The lowest BCUT2D eigenvalue weighted by atomic mass is 10.5. The van der Waals surface area contributed by atoms with Crippen molar-refractivity contribution < 1.29 is 4.79 Å². The van der Waals surface area contributed by atoms with Gasteiger partial charge in [0, 0.05) is 6.20 Å². The second-order valence-corrected chi connectivity index (χ2v) is 1.86. The van der Waals surface area contributed by atoms with Crippen LogP contribution in [-0.2, 0) is 0 Å². The third-order valence-corrected chi connectivity index (χ3v) is 1.00. The van der Waals surface area contributed by atoms with Crippen molar-refractivity contribution in [1.82, 2.24) is 10.4 Å². The van der Waals surface area contributed by atoms with Gasteiger partial charge in [0.1, 0.15) is 0 Å². The lowest BCUT2D eigenvalue weighted by molar-refractivity contribution is 0.249. The molecule has 0 radical (unpaired) electrons. The van der Waals surface area contributed by atoms with Crippen molar-refractivity contribution >= 4 is 12.2 Å². The lowest BCUT2D eigenvalue weighted by Gasteiger charge is -1.88. The second kappa shape index (κ2) is 3.40. The van der Waals surface area contributed by atoms with E-state index < -0.39 is 6.03 Å². The molecule has 0 fully saturated rings. The number of rotatable bonds is 2. The van der Waals surface area contributed by atoms with Crippen molar-refractivity contribution in [3.63, 3.8) is 0 Å². The van der Waals surface area contributed by atoms with E-state index >= 15 is 0 Å². The number of urea groups is 1. The number of nitrogens with one attached hydrogen (secondary N) is 2. The number of primary amides is 1. The van der Waals surface area contributed by atoms with Crippen LogP contribution in [0, 0.1) is 0 Å². The number of amides is 2. The Morgan fingerprint density at radius 3 is 3.18 bits per heavy atom. The van der Waals surface area contributed by atoms with Crippen LogP contribution >= 0.6 is 0 Å². The molecule has 0 aliphatic heterocycles. The Morgan fingerprint density at radius 2 is 2.64 bits per heavy atom. The molecule has 0 aliphatic rings. The molecule has 0 saturated carbocycles. The minimum absolute atomic E-state index is 0.673. The molecule has 1 rings (SSSR count). The van der Waals surface area contributed by atoms with E-state index in [9.17, 15) is 4.79 Å². The fourth-order valence-electron chi connectivity index (χ4n) is 0.590. The second-order valence-electron chi connectivity index (χ2n) is 1.86. The molecule has 0 atom stereocenters. The first-order chi connectivity index (χ1) is 5.29. The fraction of sp³-hybridized carbons (Fsp3) is 0. The smallest absolute Gasteiger partial charge is 0.332 e. The summed E-state index contributed by atoms with van der Waals surface area (Å²) in [5.74, 6) is 0. The number of hydrazone groups is 1. The van der Waals surface area contributed by atoms with Crippen molar-refractivity contribution in [3.05, 3.63) is 24.0 Å². The van der Waals surface area contributed by atoms with Gasteiger partial charge >= 0.3 is 6.03 Å². The highest BCUT2D eigenvalue weighted by Gasteiger charge is 1.85. The molecule has 1 aromatic heterocycles. The number of nitrogens with two attached hydrogens (primary N) is 1. The third-order valence-electron chi connectivity index (χ3n) is 1.00. The highest BCUT2D eigenvalue weighted by molar-refractivity contribution is 5.79. The Hall–Kier alpha value is -1.78. The molecular weight excluding hydrogens is 144 g/mol. The molecule has 1 aromatic rings. The van der Waals surface area contributed by atoms with Crippen molar-refractivity contribution in [2.45, 2.75) is 0 Å². The summed E-state index contributed by atoms with van der Waals surface area (Å²) in [6.07, 6.45) is 3.22. The van der Waals surface area contributed by atoms with Gasteiger partial charge in [0.05, 0.1) is 11.9 Å². The molecule has 11 heavy (non-hydrogen) atoms. The number of hydrogen-bond acceptors (Lipinski definition) is 2. The van der Waals surface area contributed by atoms with Crippen LogP contribution in [0.25, 0.3) is 0 Å². The summed E-state index contributed by atoms with van der Waals surface area (Å²) in [4.78, 5) is 13.0. The van der Waals surface area contributed by atoms with Gasteiger partial charge in [-0.2, -0.15) is 5.10 Å². The topological polar surface area (TPSA) is 83.3 Å². The SMILES string of the molecule is NC(=O)NN=Cc1ccc[nH]1. The van der Waals surface area contributed by atoms with Crippen LogP contribution in [0.3, 0.4) is 0 Å². The lowest BCUT2D eigenvalue weighted by Crippen LogP contribution is -2.24. The molecular formula is C6H8N4O. The quantitative estimate of drug-likeness (QED) is 0.405. The van der Waals surface area contributed by atoms with Crippen molar-refractivity contribution in [2.75, 3.05) is 0 Å². The van der Waals surface area contributed by atoms with Gasteiger partial charge in [-0.25, -0.2) is 10.2 Å². The summed E-state index contributed by atoms with van der Waals surface area (Å²) in [6, 6.07) is 2.96. The Labute approximate surface area is 63.3 Å². The van der Waals surface area contributed by atoms with E-state index in [-0.39, 0.29) is 0 Å². The predicted octanol–water partition coefficient (Wildman–Crippen LogP) is 0.0169. The molecule has 0 unspecified atom stereocenters. The number of hydrogen-bond donors (Lipinski definition) is 3. The Morgan fingerprint density at radius 1 is 1.82 bits per heavy atom. The number of aromatic amines is 1. The van der Waals surface area contributed by atoms with E-state index in [1.807, 2.05) is 12.1 Å². The first-order valence-electron chi connectivity index (χ1n) is 3.01. The average molecular weight is 152 g/mol. The monoisotopic (exact) mass is 152 g/mol. The zero-order valence-electron chi connectivity index (χ0n) is 5.74. The molecule has 5 heteroatoms. The number of carbonyl (C=O) groups excluding carboxylic acids is 1. The Bertz CT molecular complexity index is 252. The van der Waals surface area contributed by atoms with Gasteiger partial charge < -0.3 is 10.7 Å². The van der Waals surface area contributed by atoms with Crippen LogP contribution in [0.2, 0.25) is 0 Å². The summed E-state index contributed by atoms with van der Waals surface area (Å²) < 4.78 is 0. The maximum Gasteiger partial charge on any atom is 0.332 e. The first-order valence-corrected chi connectivity index (χ1v) is 3.01. The molecule has 0 aromatic carbocycles. The van der Waals surface area contributed by atoms with Gasteiger partial charge in [0.25, 0.3) is 0 Å². The van der Waals surface area contributed by atoms with Gasteiger partial charge in [-0.3, -0.25) is 0 Å². The molecule has 0 bridgehead atoms. The summed E-state index contributed by atoms with van der Waals surface area (Å²) in [7, 11) is 0. The minimum atomic E-state index is -0.673. The summed E-state index contributed by atoms with van der Waals surface area (Å²) in [5.41, 5.74) is 7.63. The van der Waals surface area contributed by atoms with E-state index in [1.54, 1.807) is 6.20 Å². The van der Waals surface area contributed by atoms with E-state index in [2.05, 4.69) is 15.5 Å². The number of nitrogens with zero attached hydrogens (tertiary/aromatic N) is 1. The van der Waals surface area contributed by atoms with Crippen LogP contribution in [0.5, 0.6) is 0 Å². The molecule has 58 valence electrons. The van der Waals surface area contributed by atoms with Gasteiger partial charge in [-0.15, -0.1) is 0 Å². The molecule has 1 heterocycles. The number of carbonyl (C=O) groups is 1. The van der Waals surface area contributed by atoms with Crippen LogP contribution < -0.4 is 11.2 Å². The summed E-state index contributed by atoms with van der Waals surface area (Å²) >= 11 is 0. The zero-order valence-corrected chi connectivity index (χ0v) is 5.74. The maximum absolute atomic E-state index is 10.1. The van der Waals surface area contributed by atoms with Crippen molar-refractivity contribution in [3.8, 4) is 0 Å². The summed E-state index contributed by atoms with van der Waals surface area (Å²) in [6.45, 7) is 0. The van der Waals surface area contributed by atoms with Crippen molar-refractivity contribution in [2.24, 2.45) is 10.8 Å². The fourth-order valence-corrected chi connectivity index (χ4v) is 0.590. The van der Waals surface area contributed by atoms with E-state index in [1.165, 1.54) is 6.21 Å². The normalized spacial score (nSPS) is 10.2. The molecule has 4 N–H and O–H groups in total. The highest BCUT2D eigenvalue weighted by Crippen LogP contribution is 1.87. The Kier molecular flexibility index (Phi) is 2.27. The summed E-state index contributed by atoms with van der Waals surface area (Å²) in [5, 5.41) is 3.53. The minimum Gasteiger partial charge on any atom is -0.360 e. The van der Waals surface area contributed by atoms with E-state index in [0.29, 0.717) is 0 Å². The van der Waals surface area contributed by atoms with Crippen LogP contribution in [-0.4, -0.2) is 17.2 Å².